The highest BCUT2D eigenvalue weighted by atomic mass is 32.1. The van der Waals surface area contributed by atoms with Gasteiger partial charge in [-0.2, -0.15) is 0 Å². The number of ketones is 1. The van der Waals surface area contributed by atoms with E-state index < -0.39 is 17.7 Å². The molecule has 0 saturated carbocycles. The third-order valence-electron chi connectivity index (χ3n) is 4.86. The van der Waals surface area contributed by atoms with Crippen LogP contribution in [0.1, 0.15) is 36.8 Å². The van der Waals surface area contributed by atoms with Gasteiger partial charge in [-0.3, -0.25) is 9.59 Å². The van der Waals surface area contributed by atoms with Gasteiger partial charge in [-0.05, 0) is 76.6 Å². The minimum Gasteiger partial charge on any atom is -0.507 e. The van der Waals surface area contributed by atoms with E-state index in [2.05, 4.69) is 0 Å². The number of amides is 1. The van der Waals surface area contributed by atoms with Crippen molar-refractivity contribution >= 4 is 28.8 Å². The number of thiophene rings is 1. The Kier molecular flexibility index (Phi) is 6.95. The smallest absolute Gasteiger partial charge is 0.295 e. The largest absolute Gasteiger partial charge is 0.507 e. The molecule has 0 bridgehead atoms. The molecule has 6 nitrogen and oxygen atoms in total. The highest BCUT2D eigenvalue weighted by molar-refractivity contribution is 7.10. The summed E-state index contributed by atoms with van der Waals surface area (Å²) in [7, 11) is 3.94. The molecule has 30 heavy (non-hydrogen) atoms. The van der Waals surface area contributed by atoms with E-state index in [-0.39, 0.29) is 17.4 Å². The average Bonchev–Trinajstić information content (AvgIpc) is 3.30. The SMILES string of the molecule is CC(C)Oc1ccc(C(O)=C2C(=O)C(=O)N(CCCN(C)C)[C@@H]2c2cccs2)cc1. The molecule has 7 heteroatoms. The minimum atomic E-state index is -0.640. The lowest BCUT2D eigenvalue weighted by Crippen LogP contribution is -2.32. The number of aliphatic hydroxyl groups excluding tert-OH is 1. The molecule has 2 heterocycles. The normalized spacial score (nSPS) is 18.6. The molecule has 1 aromatic carbocycles. The second kappa shape index (κ2) is 9.45. The van der Waals surface area contributed by atoms with Crippen LogP contribution in [0.25, 0.3) is 5.76 Å². The molecule has 1 aromatic heterocycles. The summed E-state index contributed by atoms with van der Waals surface area (Å²) in [5.74, 6) is -0.676. The first-order valence-corrected chi connectivity index (χ1v) is 10.9. The Bertz CT molecular complexity index is 917. The number of carbonyl (C=O) groups is 2. The van der Waals surface area contributed by atoms with Crippen molar-refractivity contribution in [1.29, 1.82) is 0 Å². The predicted molar refractivity (Wildman–Crippen MR) is 119 cm³/mol. The van der Waals surface area contributed by atoms with Crippen molar-refractivity contribution in [3.05, 3.63) is 57.8 Å². The van der Waals surface area contributed by atoms with Crippen LogP contribution in [-0.2, 0) is 9.59 Å². The van der Waals surface area contributed by atoms with E-state index >= 15 is 0 Å². The highest BCUT2D eigenvalue weighted by Crippen LogP contribution is 2.41. The summed E-state index contributed by atoms with van der Waals surface area (Å²) in [5, 5.41) is 12.9. The Hall–Kier alpha value is -2.64. The van der Waals surface area contributed by atoms with Crippen molar-refractivity contribution in [2.24, 2.45) is 0 Å². The molecular formula is C23H28N2O4S. The van der Waals surface area contributed by atoms with Gasteiger partial charge >= 0.3 is 0 Å². The number of hydrogen-bond donors (Lipinski definition) is 1. The van der Waals surface area contributed by atoms with Crippen LogP contribution in [0.4, 0.5) is 0 Å². The standard InChI is InChI=1S/C23H28N2O4S/c1-15(2)29-17-10-8-16(9-11-17)21(26)19-20(18-7-5-14-30-18)25(23(28)22(19)27)13-6-12-24(3)4/h5,7-11,14-15,20,26H,6,12-13H2,1-4H3/t20-/m1/s1. The van der Waals surface area contributed by atoms with Gasteiger partial charge in [0.05, 0.1) is 17.7 Å². The second-order valence-corrected chi connectivity index (χ2v) is 8.83. The molecule has 0 unspecified atom stereocenters. The molecule has 0 spiro atoms. The van der Waals surface area contributed by atoms with Gasteiger partial charge in [0.25, 0.3) is 11.7 Å². The zero-order valence-electron chi connectivity index (χ0n) is 17.8. The topological polar surface area (TPSA) is 70.1 Å². The number of likely N-dealkylation sites (tertiary alicyclic amines) is 1. The second-order valence-electron chi connectivity index (χ2n) is 7.86. The fourth-order valence-corrected chi connectivity index (χ4v) is 4.38. The fourth-order valence-electron chi connectivity index (χ4n) is 3.53. The maximum Gasteiger partial charge on any atom is 0.295 e. The average molecular weight is 429 g/mol. The Labute approximate surface area is 181 Å². The molecule has 0 radical (unpaired) electrons. The van der Waals surface area contributed by atoms with E-state index in [0.717, 1.165) is 17.8 Å². The monoisotopic (exact) mass is 428 g/mol. The number of rotatable bonds is 8. The van der Waals surface area contributed by atoms with Crippen molar-refractivity contribution in [1.82, 2.24) is 9.80 Å². The lowest BCUT2D eigenvalue weighted by atomic mass is 10.00. The summed E-state index contributed by atoms with van der Waals surface area (Å²) in [4.78, 5) is 30.2. The van der Waals surface area contributed by atoms with Crippen LogP contribution >= 0.6 is 11.3 Å². The van der Waals surface area contributed by atoms with Crippen LogP contribution < -0.4 is 4.74 Å². The number of nitrogens with zero attached hydrogens (tertiary/aromatic N) is 2. The molecule has 1 aliphatic heterocycles. The molecule has 1 amide bonds. The number of hydrogen-bond acceptors (Lipinski definition) is 6. The Balaban J connectivity index is 1.97. The van der Waals surface area contributed by atoms with E-state index in [4.69, 9.17) is 4.74 Å². The van der Waals surface area contributed by atoms with Crippen molar-refractivity contribution in [2.75, 3.05) is 27.2 Å². The van der Waals surface area contributed by atoms with Crippen LogP contribution in [-0.4, -0.2) is 59.9 Å². The summed E-state index contributed by atoms with van der Waals surface area (Å²) >= 11 is 1.47. The first kappa shape index (κ1) is 22.1. The van der Waals surface area contributed by atoms with Crippen LogP contribution in [0, 0.1) is 0 Å². The van der Waals surface area contributed by atoms with Gasteiger partial charge < -0.3 is 19.6 Å². The van der Waals surface area contributed by atoms with Crippen molar-refractivity contribution in [2.45, 2.75) is 32.4 Å². The third kappa shape index (κ3) is 4.74. The van der Waals surface area contributed by atoms with Crippen molar-refractivity contribution in [3.8, 4) is 5.75 Å². The van der Waals surface area contributed by atoms with Gasteiger partial charge in [0.15, 0.2) is 0 Å². The van der Waals surface area contributed by atoms with E-state index in [0.29, 0.717) is 17.9 Å². The molecule has 1 fully saturated rings. The van der Waals surface area contributed by atoms with E-state index in [1.807, 2.05) is 50.4 Å². The number of benzene rings is 1. The fraction of sp³-hybridized carbons (Fsp3) is 0.391. The molecule has 1 N–H and O–H groups in total. The molecule has 1 atom stereocenters. The maximum absolute atomic E-state index is 12.9. The van der Waals surface area contributed by atoms with Gasteiger partial charge in [-0.1, -0.05) is 6.07 Å². The maximum atomic E-state index is 12.9. The van der Waals surface area contributed by atoms with Crippen LogP contribution in [0.15, 0.2) is 47.4 Å². The Morgan fingerprint density at radius 3 is 2.47 bits per heavy atom. The summed E-state index contributed by atoms with van der Waals surface area (Å²) in [6, 6.07) is 10.1. The van der Waals surface area contributed by atoms with E-state index in [1.165, 1.54) is 11.3 Å². The number of ether oxygens (including phenoxy) is 1. The summed E-state index contributed by atoms with van der Waals surface area (Å²) in [6.07, 6.45) is 0.777. The summed E-state index contributed by atoms with van der Waals surface area (Å²) in [5.41, 5.74) is 0.629. The third-order valence-corrected chi connectivity index (χ3v) is 5.78. The first-order valence-electron chi connectivity index (χ1n) is 10.0. The van der Waals surface area contributed by atoms with Crippen molar-refractivity contribution in [3.63, 3.8) is 0 Å². The number of aliphatic hydroxyl groups is 1. The lowest BCUT2D eigenvalue weighted by Gasteiger charge is -2.24. The van der Waals surface area contributed by atoms with Crippen molar-refractivity contribution < 1.29 is 19.4 Å². The molecule has 1 aliphatic rings. The number of carbonyl (C=O) groups excluding carboxylic acids is 2. The molecule has 0 aliphatic carbocycles. The summed E-state index contributed by atoms with van der Waals surface area (Å²) in [6.45, 7) is 5.13. The van der Waals surface area contributed by atoms with Gasteiger partial charge in [0, 0.05) is 17.0 Å². The van der Waals surface area contributed by atoms with Gasteiger partial charge in [-0.15, -0.1) is 11.3 Å². The minimum absolute atomic E-state index is 0.0377. The Morgan fingerprint density at radius 1 is 1.20 bits per heavy atom. The molecular weight excluding hydrogens is 400 g/mol. The molecule has 2 aromatic rings. The number of Topliss-reactive ketones (excluding diaryl/α,β-unsaturated/α-hetero) is 1. The molecule has 160 valence electrons. The van der Waals surface area contributed by atoms with Gasteiger partial charge in [0.2, 0.25) is 0 Å². The van der Waals surface area contributed by atoms with Crippen LogP contribution in [0.3, 0.4) is 0 Å². The zero-order valence-corrected chi connectivity index (χ0v) is 18.6. The zero-order chi connectivity index (χ0) is 21.8. The van der Waals surface area contributed by atoms with Crippen LogP contribution in [0.5, 0.6) is 5.75 Å². The predicted octanol–water partition coefficient (Wildman–Crippen LogP) is 3.91. The molecule has 3 rings (SSSR count). The van der Waals surface area contributed by atoms with E-state index in [1.54, 1.807) is 29.2 Å². The molecule has 1 saturated heterocycles. The Morgan fingerprint density at radius 2 is 1.90 bits per heavy atom. The van der Waals surface area contributed by atoms with Crippen LogP contribution in [0.2, 0.25) is 0 Å². The quantitative estimate of drug-likeness (QED) is 0.392. The first-order chi connectivity index (χ1) is 14.3. The van der Waals surface area contributed by atoms with Gasteiger partial charge in [-0.25, -0.2) is 0 Å². The van der Waals surface area contributed by atoms with E-state index in [9.17, 15) is 14.7 Å². The highest BCUT2D eigenvalue weighted by Gasteiger charge is 2.46. The summed E-state index contributed by atoms with van der Waals surface area (Å²) < 4.78 is 5.64. The lowest BCUT2D eigenvalue weighted by molar-refractivity contribution is -0.139. The van der Waals surface area contributed by atoms with Gasteiger partial charge in [0.1, 0.15) is 11.5 Å².